The molecule has 7 heteroatoms. The van der Waals surface area contributed by atoms with Crippen molar-refractivity contribution in [2.45, 2.75) is 13.5 Å². The van der Waals surface area contributed by atoms with Crippen molar-refractivity contribution < 1.29 is 5.11 Å². The summed E-state index contributed by atoms with van der Waals surface area (Å²) in [5.41, 5.74) is 1.30. The number of nitrogens with one attached hydrogen (secondary N) is 1. The normalized spacial score (nSPS) is 11.0. The molecule has 1 aromatic carbocycles. The van der Waals surface area contributed by atoms with Gasteiger partial charge in [0.15, 0.2) is 4.77 Å². The summed E-state index contributed by atoms with van der Waals surface area (Å²) in [5.74, 6) is -0.236. The van der Waals surface area contributed by atoms with Gasteiger partial charge in [-0.25, -0.2) is 0 Å². The number of aliphatic imine (C=N–C) groups is 1. The minimum absolute atomic E-state index is 0.0444. The highest BCUT2D eigenvalue weighted by Crippen LogP contribution is 2.26. The Morgan fingerprint density at radius 3 is 2.91 bits per heavy atom. The molecule has 22 heavy (non-hydrogen) atoms. The van der Waals surface area contributed by atoms with Gasteiger partial charge < -0.3 is 5.11 Å². The zero-order valence-corrected chi connectivity index (χ0v) is 14.2. The van der Waals surface area contributed by atoms with Gasteiger partial charge in [-0.3, -0.25) is 19.3 Å². The Balaban J connectivity index is 2.51. The first-order chi connectivity index (χ1) is 10.4. The summed E-state index contributed by atoms with van der Waals surface area (Å²) in [5, 5.41) is 10.2. The highest BCUT2D eigenvalue weighted by atomic mass is 79.9. The Labute approximate surface area is 140 Å². The smallest absolute Gasteiger partial charge is 0.264 e. The van der Waals surface area contributed by atoms with E-state index in [4.69, 9.17) is 12.2 Å². The number of halogens is 1. The van der Waals surface area contributed by atoms with Crippen LogP contribution in [0.1, 0.15) is 11.1 Å². The molecule has 0 saturated carbocycles. The maximum atomic E-state index is 12.0. The minimum Gasteiger partial charge on any atom is -0.494 e. The molecule has 0 fully saturated rings. The highest BCUT2D eigenvalue weighted by molar-refractivity contribution is 9.10. The van der Waals surface area contributed by atoms with E-state index in [0.717, 1.165) is 10.0 Å². The van der Waals surface area contributed by atoms with Gasteiger partial charge >= 0.3 is 0 Å². The fraction of sp³-hybridized carbons (Fsp3) is 0.133. The van der Waals surface area contributed by atoms with Crippen LogP contribution < -0.4 is 5.56 Å². The van der Waals surface area contributed by atoms with Crippen LogP contribution in [0.15, 0.2) is 45.1 Å². The molecular weight excluding hydrogens is 366 g/mol. The summed E-state index contributed by atoms with van der Waals surface area (Å²) in [4.78, 5) is 18.7. The van der Waals surface area contributed by atoms with Gasteiger partial charge in [-0.2, -0.15) is 0 Å². The standard InChI is InChI=1S/C15H14BrN3O2S/c1-3-6-19-14(21)10(13(20)18-15(19)22)8-17-12-5-4-9(2)7-11(12)16/h3-5,7-8,21H,1,6H2,2H3,(H,18,20,22). The summed E-state index contributed by atoms with van der Waals surface area (Å²) in [6.07, 6.45) is 2.89. The molecule has 0 unspecified atom stereocenters. The van der Waals surface area contributed by atoms with Crippen molar-refractivity contribution in [2.24, 2.45) is 4.99 Å². The number of nitrogens with zero attached hydrogens (tertiary/aromatic N) is 2. The molecule has 114 valence electrons. The molecule has 2 aromatic rings. The van der Waals surface area contributed by atoms with E-state index in [2.05, 4.69) is 32.5 Å². The molecule has 0 atom stereocenters. The third-order valence-corrected chi connectivity index (χ3v) is 3.91. The first-order valence-electron chi connectivity index (χ1n) is 6.41. The summed E-state index contributed by atoms with van der Waals surface area (Å²) in [7, 11) is 0. The summed E-state index contributed by atoms with van der Waals surface area (Å²) in [6, 6.07) is 5.65. The van der Waals surface area contributed by atoms with Crippen molar-refractivity contribution in [3.8, 4) is 5.88 Å². The molecule has 2 rings (SSSR count). The van der Waals surface area contributed by atoms with E-state index in [1.165, 1.54) is 10.8 Å². The Morgan fingerprint density at radius 2 is 2.27 bits per heavy atom. The third kappa shape index (κ3) is 3.42. The van der Waals surface area contributed by atoms with Crippen LogP contribution in [0.2, 0.25) is 0 Å². The third-order valence-electron chi connectivity index (χ3n) is 2.95. The lowest BCUT2D eigenvalue weighted by atomic mass is 10.2. The van der Waals surface area contributed by atoms with E-state index in [0.29, 0.717) is 5.69 Å². The van der Waals surface area contributed by atoms with E-state index in [1.807, 2.05) is 25.1 Å². The average molecular weight is 380 g/mol. The molecule has 0 spiro atoms. The van der Waals surface area contributed by atoms with Crippen molar-refractivity contribution in [1.29, 1.82) is 0 Å². The summed E-state index contributed by atoms with van der Waals surface area (Å²) < 4.78 is 2.31. The number of aromatic nitrogens is 2. The van der Waals surface area contributed by atoms with Crippen molar-refractivity contribution in [2.75, 3.05) is 0 Å². The Kier molecular flexibility index (Phi) is 5.10. The SMILES string of the molecule is C=CCn1c(O)c(C=Nc2ccc(C)cc2Br)c(=O)[nH]c1=S. The molecule has 2 N–H and O–H groups in total. The molecule has 0 aliphatic carbocycles. The number of aromatic hydroxyl groups is 1. The molecule has 0 aliphatic heterocycles. The minimum atomic E-state index is -0.491. The molecule has 0 radical (unpaired) electrons. The van der Waals surface area contributed by atoms with Crippen LogP contribution in [0.5, 0.6) is 5.88 Å². The van der Waals surface area contributed by atoms with E-state index in [1.54, 1.807) is 6.08 Å². The Hall–Kier alpha value is -1.99. The van der Waals surface area contributed by atoms with Gasteiger partial charge in [-0.1, -0.05) is 12.1 Å². The molecule has 0 aliphatic rings. The molecule has 1 heterocycles. The van der Waals surface area contributed by atoms with Gasteiger partial charge in [0.2, 0.25) is 5.88 Å². The average Bonchev–Trinajstić information content (AvgIpc) is 2.45. The number of benzene rings is 1. The maximum Gasteiger partial charge on any atom is 0.264 e. The van der Waals surface area contributed by atoms with Crippen LogP contribution in [0.25, 0.3) is 0 Å². The van der Waals surface area contributed by atoms with E-state index < -0.39 is 5.56 Å². The summed E-state index contributed by atoms with van der Waals surface area (Å²) in [6.45, 7) is 5.85. The molecule has 0 amide bonds. The van der Waals surface area contributed by atoms with Gasteiger partial charge in [0.25, 0.3) is 5.56 Å². The second kappa shape index (κ2) is 6.85. The highest BCUT2D eigenvalue weighted by Gasteiger charge is 2.10. The van der Waals surface area contributed by atoms with Crippen molar-refractivity contribution in [3.05, 3.63) is 61.6 Å². The monoisotopic (exact) mass is 379 g/mol. The Morgan fingerprint density at radius 1 is 1.55 bits per heavy atom. The number of aromatic amines is 1. The fourth-order valence-corrected chi connectivity index (χ4v) is 2.69. The first-order valence-corrected chi connectivity index (χ1v) is 7.61. The number of aryl methyl sites for hydroxylation is 1. The fourth-order valence-electron chi connectivity index (χ4n) is 1.84. The van der Waals surface area contributed by atoms with Crippen LogP contribution in [0, 0.1) is 11.7 Å². The lowest BCUT2D eigenvalue weighted by Crippen LogP contribution is -2.18. The molecule has 0 saturated heterocycles. The quantitative estimate of drug-likeness (QED) is 0.484. The van der Waals surface area contributed by atoms with Gasteiger partial charge in [0.05, 0.1) is 5.69 Å². The molecule has 5 nitrogen and oxygen atoms in total. The number of rotatable bonds is 4. The second-order valence-electron chi connectivity index (χ2n) is 4.61. The zero-order chi connectivity index (χ0) is 16.3. The zero-order valence-electron chi connectivity index (χ0n) is 11.8. The Bertz CT molecular complexity index is 868. The molecule has 0 bridgehead atoms. The van der Waals surface area contributed by atoms with Gasteiger partial charge in [-0.05, 0) is 52.8 Å². The van der Waals surface area contributed by atoms with Gasteiger partial charge in [0, 0.05) is 17.2 Å². The predicted molar refractivity (Wildman–Crippen MR) is 93.9 cm³/mol. The van der Waals surface area contributed by atoms with Gasteiger partial charge in [-0.15, -0.1) is 6.58 Å². The first kappa shape index (κ1) is 16.4. The molecular formula is C15H14BrN3O2S. The number of H-pyrrole nitrogens is 1. The molecule has 1 aromatic heterocycles. The van der Waals surface area contributed by atoms with Crippen LogP contribution in [0.3, 0.4) is 0 Å². The number of allylic oxidation sites excluding steroid dienone is 1. The van der Waals surface area contributed by atoms with Crippen LogP contribution in [-0.4, -0.2) is 20.9 Å². The largest absolute Gasteiger partial charge is 0.494 e. The summed E-state index contributed by atoms with van der Waals surface area (Å²) >= 11 is 8.42. The van der Waals surface area contributed by atoms with E-state index in [9.17, 15) is 9.90 Å². The topological polar surface area (TPSA) is 70.4 Å². The van der Waals surface area contributed by atoms with Crippen molar-refractivity contribution in [3.63, 3.8) is 0 Å². The van der Waals surface area contributed by atoms with Gasteiger partial charge in [0.1, 0.15) is 5.56 Å². The van der Waals surface area contributed by atoms with Crippen LogP contribution in [0.4, 0.5) is 5.69 Å². The van der Waals surface area contributed by atoms with Crippen LogP contribution in [-0.2, 0) is 6.54 Å². The lowest BCUT2D eigenvalue weighted by Gasteiger charge is -2.08. The lowest BCUT2D eigenvalue weighted by molar-refractivity contribution is 0.413. The maximum absolute atomic E-state index is 12.0. The number of hydrogen-bond donors (Lipinski definition) is 2. The van der Waals surface area contributed by atoms with E-state index in [-0.39, 0.29) is 22.8 Å². The predicted octanol–water partition coefficient (Wildman–Crippen LogP) is 3.62. The second-order valence-corrected chi connectivity index (χ2v) is 5.85. The van der Waals surface area contributed by atoms with Crippen molar-refractivity contribution in [1.82, 2.24) is 9.55 Å². The van der Waals surface area contributed by atoms with Crippen LogP contribution >= 0.6 is 28.1 Å². The number of hydrogen-bond acceptors (Lipinski definition) is 4. The van der Waals surface area contributed by atoms with Crippen molar-refractivity contribution >= 4 is 40.0 Å². The van der Waals surface area contributed by atoms with E-state index >= 15 is 0 Å².